The highest BCUT2D eigenvalue weighted by atomic mass is 35.5. The van der Waals surface area contributed by atoms with Gasteiger partial charge < -0.3 is 4.90 Å². The normalized spacial score (nSPS) is 15.6. The Kier molecular flexibility index (Phi) is 6.09. The number of carbonyl (C=O) groups is 1. The topological polar surface area (TPSA) is 57.7 Å². The van der Waals surface area contributed by atoms with Gasteiger partial charge in [0.05, 0.1) is 9.92 Å². The molecule has 31 heavy (non-hydrogen) atoms. The van der Waals surface area contributed by atoms with E-state index in [2.05, 4.69) is 0 Å². The summed E-state index contributed by atoms with van der Waals surface area (Å²) in [6, 6.07) is 9.12. The van der Waals surface area contributed by atoms with E-state index in [1.54, 1.807) is 17.0 Å². The van der Waals surface area contributed by atoms with Crippen LogP contribution < -0.4 is 0 Å². The summed E-state index contributed by atoms with van der Waals surface area (Å²) >= 11 is 13.8. The number of benzene rings is 2. The fourth-order valence-corrected chi connectivity index (χ4v) is 7.74. The Morgan fingerprint density at radius 1 is 0.968 bits per heavy atom. The second-order valence-corrected chi connectivity index (χ2v) is 11.6. The Balaban J connectivity index is 1.54. The van der Waals surface area contributed by atoms with Crippen LogP contribution in [0.4, 0.5) is 0 Å². The van der Waals surface area contributed by atoms with E-state index in [1.807, 2.05) is 39.0 Å². The molecule has 0 aliphatic carbocycles. The lowest BCUT2D eigenvalue weighted by Crippen LogP contribution is -2.50. The molecule has 1 aliphatic heterocycles. The molecular formula is C22H22Cl2N2O3S2. The number of carbonyl (C=O) groups excluding carboxylic acids is 1. The maximum Gasteiger partial charge on any atom is 0.265 e. The van der Waals surface area contributed by atoms with Crippen LogP contribution in [0.2, 0.25) is 10.0 Å². The molecule has 1 fully saturated rings. The summed E-state index contributed by atoms with van der Waals surface area (Å²) in [5.41, 5.74) is 2.52. The van der Waals surface area contributed by atoms with Gasteiger partial charge >= 0.3 is 0 Å². The van der Waals surface area contributed by atoms with Crippen molar-refractivity contribution < 1.29 is 13.2 Å². The van der Waals surface area contributed by atoms with E-state index in [1.165, 1.54) is 15.6 Å². The first-order valence-electron chi connectivity index (χ1n) is 9.84. The smallest absolute Gasteiger partial charge is 0.265 e. The van der Waals surface area contributed by atoms with Crippen LogP contribution in [0.25, 0.3) is 10.1 Å². The highest BCUT2D eigenvalue weighted by Crippen LogP contribution is 2.37. The molecule has 1 aromatic heterocycles. The quantitative estimate of drug-likeness (QED) is 0.495. The molecule has 164 valence electrons. The van der Waals surface area contributed by atoms with E-state index >= 15 is 0 Å². The van der Waals surface area contributed by atoms with Crippen molar-refractivity contribution in [1.29, 1.82) is 0 Å². The highest BCUT2D eigenvalue weighted by Gasteiger charge is 2.33. The van der Waals surface area contributed by atoms with Crippen LogP contribution in [-0.2, 0) is 10.0 Å². The summed E-state index contributed by atoms with van der Waals surface area (Å²) in [4.78, 5) is 15.6. The van der Waals surface area contributed by atoms with Gasteiger partial charge in [-0.1, -0.05) is 47.0 Å². The average molecular weight is 497 g/mol. The molecule has 0 saturated carbocycles. The minimum absolute atomic E-state index is 0.179. The second kappa shape index (κ2) is 8.37. The van der Waals surface area contributed by atoms with E-state index in [0.29, 0.717) is 32.9 Å². The standard InChI is InChI=1S/C22H22Cl2N2O3S2/c1-13-10-14(2)21(15(3)11-13)31(28,29)26-8-6-25(7-9-26)22(27)20-19(24)17-5-4-16(23)12-18(17)30-20/h4-5,10-12H,6-9H2,1-3H3. The van der Waals surface area contributed by atoms with E-state index in [-0.39, 0.29) is 19.0 Å². The van der Waals surface area contributed by atoms with Crippen LogP contribution in [-0.4, -0.2) is 49.7 Å². The molecule has 0 bridgehead atoms. The zero-order chi connectivity index (χ0) is 22.5. The summed E-state index contributed by atoms with van der Waals surface area (Å²) < 4.78 is 28.9. The molecule has 0 atom stereocenters. The molecule has 3 aromatic rings. The Morgan fingerprint density at radius 2 is 1.58 bits per heavy atom. The summed E-state index contributed by atoms with van der Waals surface area (Å²) in [5, 5.41) is 1.80. The van der Waals surface area contributed by atoms with Crippen molar-refractivity contribution in [1.82, 2.24) is 9.21 Å². The molecule has 2 aromatic carbocycles. The predicted octanol–water partition coefficient (Wildman–Crippen LogP) is 5.28. The van der Waals surface area contributed by atoms with Crippen molar-refractivity contribution in [2.45, 2.75) is 25.7 Å². The van der Waals surface area contributed by atoms with Crippen LogP contribution in [0.1, 0.15) is 26.4 Å². The average Bonchev–Trinajstić information content (AvgIpc) is 3.02. The first kappa shape index (κ1) is 22.6. The van der Waals surface area contributed by atoms with Gasteiger partial charge in [0.25, 0.3) is 5.91 Å². The van der Waals surface area contributed by atoms with Crippen LogP contribution >= 0.6 is 34.5 Å². The number of halogens is 2. The van der Waals surface area contributed by atoms with E-state index in [4.69, 9.17) is 23.2 Å². The number of amides is 1. The lowest BCUT2D eigenvalue weighted by molar-refractivity contribution is 0.0703. The number of rotatable bonds is 3. The fourth-order valence-electron chi connectivity index (χ4n) is 4.15. The summed E-state index contributed by atoms with van der Waals surface area (Å²) in [7, 11) is -3.63. The van der Waals surface area contributed by atoms with Crippen molar-refractivity contribution in [3.05, 3.63) is 61.9 Å². The van der Waals surface area contributed by atoms with Gasteiger partial charge in [-0.15, -0.1) is 11.3 Å². The van der Waals surface area contributed by atoms with Gasteiger partial charge in [0.2, 0.25) is 10.0 Å². The number of nitrogens with zero attached hydrogens (tertiary/aromatic N) is 2. The molecule has 0 unspecified atom stereocenters. The van der Waals surface area contributed by atoms with Crippen LogP contribution in [0.3, 0.4) is 0 Å². The number of piperazine rings is 1. The van der Waals surface area contributed by atoms with E-state index in [9.17, 15) is 13.2 Å². The molecule has 1 aliphatic rings. The van der Waals surface area contributed by atoms with Crippen molar-refractivity contribution in [2.75, 3.05) is 26.2 Å². The van der Waals surface area contributed by atoms with Gasteiger partial charge in [-0.2, -0.15) is 4.31 Å². The third-order valence-electron chi connectivity index (χ3n) is 5.51. The number of fused-ring (bicyclic) bond motifs is 1. The molecule has 5 nitrogen and oxygen atoms in total. The van der Waals surface area contributed by atoms with Crippen molar-refractivity contribution in [3.8, 4) is 0 Å². The maximum absolute atomic E-state index is 13.3. The highest BCUT2D eigenvalue weighted by molar-refractivity contribution is 7.89. The lowest BCUT2D eigenvalue weighted by Gasteiger charge is -2.34. The number of sulfonamides is 1. The van der Waals surface area contributed by atoms with Crippen molar-refractivity contribution in [2.24, 2.45) is 0 Å². The van der Waals surface area contributed by atoms with Gasteiger partial charge in [0.1, 0.15) is 4.88 Å². The Hall–Kier alpha value is -1.64. The number of hydrogen-bond acceptors (Lipinski definition) is 4. The molecule has 0 N–H and O–H groups in total. The van der Waals surface area contributed by atoms with Gasteiger partial charge in [0.15, 0.2) is 0 Å². The zero-order valence-electron chi connectivity index (χ0n) is 17.4. The van der Waals surface area contributed by atoms with Crippen LogP contribution in [0, 0.1) is 20.8 Å². The van der Waals surface area contributed by atoms with Crippen LogP contribution in [0.15, 0.2) is 35.2 Å². The van der Waals surface area contributed by atoms with Gasteiger partial charge in [-0.05, 0) is 44.0 Å². The molecule has 2 heterocycles. The van der Waals surface area contributed by atoms with Gasteiger partial charge in [-0.3, -0.25) is 4.79 Å². The third-order valence-corrected chi connectivity index (χ3v) is 9.60. The Labute approximate surface area is 196 Å². The van der Waals surface area contributed by atoms with E-state index < -0.39 is 10.0 Å². The third kappa shape index (κ3) is 4.10. The SMILES string of the molecule is Cc1cc(C)c(S(=O)(=O)N2CCN(C(=O)c3sc4cc(Cl)ccc4c3Cl)CC2)c(C)c1. The lowest BCUT2D eigenvalue weighted by atomic mass is 10.1. The second-order valence-electron chi connectivity index (χ2n) is 7.81. The molecule has 9 heteroatoms. The van der Waals surface area contributed by atoms with Gasteiger partial charge in [-0.25, -0.2) is 8.42 Å². The van der Waals surface area contributed by atoms with E-state index in [0.717, 1.165) is 26.8 Å². The first-order valence-corrected chi connectivity index (χ1v) is 12.9. The van der Waals surface area contributed by atoms with Crippen LogP contribution in [0.5, 0.6) is 0 Å². The Bertz CT molecular complexity index is 1270. The minimum Gasteiger partial charge on any atom is -0.335 e. The monoisotopic (exact) mass is 496 g/mol. The molecule has 1 saturated heterocycles. The number of hydrogen-bond donors (Lipinski definition) is 0. The predicted molar refractivity (Wildman–Crippen MR) is 127 cm³/mol. The maximum atomic E-state index is 13.3. The molecule has 0 spiro atoms. The molecule has 0 radical (unpaired) electrons. The number of thiophene rings is 1. The summed E-state index contributed by atoms with van der Waals surface area (Å²) in [6.07, 6.45) is 0. The molecule has 4 rings (SSSR count). The largest absolute Gasteiger partial charge is 0.335 e. The van der Waals surface area contributed by atoms with Gasteiger partial charge in [0, 0.05) is 41.3 Å². The first-order chi connectivity index (χ1) is 14.6. The summed E-state index contributed by atoms with van der Waals surface area (Å²) in [6.45, 7) is 6.71. The molecular weight excluding hydrogens is 475 g/mol. The van der Waals surface area contributed by atoms with Crippen molar-refractivity contribution >= 4 is 60.6 Å². The molecule has 1 amide bonds. The Morgan fingerprint density at radius 3 is 2.19 bits per heavy atom. The van der Waals surface area contributed by atoms with Crippen molar-refractivity contribution in [3.63, 3.8) is 0 Å². The zero-order valence-corrected chi connectivity index (χ0v) is 20.6. The minimum atomic E-state index is -3.63. The fraction of sp³-hybridized carbons (Fsp3) is 0.318. The number of aryl methyl sites for hydroxylation is 3. The summed E-state index contributed by atoms with van der Waals surface area (Å²) in [5.74, 6) is -0.179.